The second kappa shape index (κ2) is 11.7. The molecule has 0 aliphatic carbocycles. The molecule has 1 atom stereocenters. The maximum Gasteiger partial charge on any atom is 0.242 e. The van der Waals surface area contributed by atoms with Crippen molar-refractivity contribution >= 4 is 34.2 Å². The van der Waals surface area contributed by atoms with Gasteiger partial charge >= 0.3 is 0 Å². The van der Waals surface area contributed by atoms with Crippen LogP contribution in [0.2, 0.25) is 5.02 Å². The monoisotopic (exact) mass is 450 g/mol. The number of nitrogens with zero attached hydrogens (tertiary/aromatic N) is 1. The van der Waals surface area contributed by atoms with Gasteiger partial charge in [-0.05, 0) is 53.8 Å². The van der Waals surface area contributed by atoms with E-state index in [0.29, 0.717) is 31.0 Å². The van der Waals surface area contributed by atoms with Crippen LogP contribution in [0.25, 0.3) is 10.8 Å². The largest absolute Gasteiger partial charge is 0.354 e. The van der Waals surface area contributed by atoms with Crippen molar-refractivity contribution in [3.8, 4) is 0 Å². The van der Waals surface area contributed by atoms with Crippen LogP contribution >= 0.6 is 11.6 Å². The molecule has 4 nitrogen and oxygen atoms in total. The molecule has 0 aliphatic heterocycles. The van der Waals surface area contributed by atoms with Gasteiger partial charge in [-0.15, -0.1) is 0 Å². The van der Waals surface area contributed by atoms with Gasteiger partial charge in [-0.2, -0.15) is 0 Å². The molecule has 0 heterocycles. The van der Waals surface area contributed by atoms with E-state index in [-0.39, 0.29) is 11.8 Å². The summed E-state index contributed by atoms with van der Waals surface area (Å²) < 4.78 is 0. The number of unbranched alkanes of at least 4 members (excludes halogenated alkanes) is 1. The number of hydrogen-bond acceptors (Lipinski definition) is 2. The van der Waals surface area contributed by atoms with Crippen LogP contribution in [0.15, 0.2) is 66.7 Å². The van der Waals surface area contributed by atoms with Gasteiger partial charge in [-0.25, -0.2) is 0 Å². The minimum absolute atomic E-state index is 0.0361. The maximum absolute atomic E-state index is 13.3. The summed E-state index contributed by atoms with van der Waals surface area (Å²) >= 11 is 6.02. The van der Waals surface area contributed by atoms with Gasteiger partial charge in [0.15, 0.2) is 0 Å². The number of carbonyl (C=O) groups is 2. The van der Waals surface area contributed by atoms with Crippen molar-refractivity contribution < 1.29 is 9.59 Å². The molecule has 0 radical (unpaired) electrons. The van der Waals surface area contributed by atoms with Crippen molar-refractivity contribution in [3.05, 3.63) is 82.9 Å². The third kappa shape index (κ3) is 6.33. The number of hydrogen-bond donors (Lipinski definition) is 1. The highest BCUT2D eigenvalue weighted by Gasteiger charge is 2.25. The lowest BCUT2D eigenvalue weighted by atomic mass is 10.0. The zero-order valence-electron chi connectivity index (χ0n) is 18.8. The molecule has 0 aliphatic rings. The normalized spacial score (nSPS) is 11.8. The van der Waals surface area contributed by atoms with Crippen LogP contribution in [0.3, 0.4) is 0 Å². The molecule has 0 fully saturated rings. The molecule has 0 bridgehead atoms. The fraction of sp³-hybridized carbons (Fsp3) is 0.333. The highest BCUT2D eigenvalue weighted by molar-refractivity contribution is 6.30. The minimum atomic E-state index is -0.553. The molecule has 0 saturated heterocycles. The van der Waals surface area contributed by atoms with E-state index in [9.17, 15) is 9.59 Å². The van der Waals surface area contributed by atoms with Crippen molar-refractivity contribution in [2.24, 2.45) is 0 Å². The van der Waals surface area contributed by atoms with Crippen molar-refractivity contribution in [2.75, 3.05) is 6.54 Å². The first-order valence-corrected chi connectivity index (χ1v) is 11.7. The number of aryl methyl sites for hydroxylation is 1. The highest BCUT2D eigenvalue weighted by Crippen LogP contribution is 2.21. The fourth-order valence-electron chi connectivity index (χ4n) is 3.80. The van der Waals surface area contributed by atoms with E-state index in [1.54, 1.807) is 11.8 Å². The highest BCUT2D eigenvalue weighted by atomic mass is 35.5. The van der Waals surface area contributed by atoms with E-state index in [4.69, 9.17) is 11.6 Å². The molecule has 2 amide bonds. The average Bonchev–Trinajstić information content (AvgIpc) is 2.81. The molecular weight excluding hydrogens is 420 g/mol. The number of nitrogens with one attached hydrogen (secondary N) is 1. The number of carbonyl (C=O) groups excluding carboxylic acids is 2. The number of amides is 2. The standard InChI is InChI=1S/C27H31ClN2O2/c1-3-4-18-29-27(32)20(2)30(19-21-12-15-24(28)16-13-21)26(31)17-14-23-10-7-9-22-8-5-6-11-25(22)23/h5-13,15-16,20H,3-4,14,17-19H2,1-2H3,(H,29,32)/t20-/m1/s1. The summed E-state index contributed by atoms with van der Waals surface area (Å²) in [5.74, 6) is -0.156. The van der Waals surface area contributed by atoms with Crippen LogP contribution in [0.4, 0.5) is 0 Å². The summed E-state index contributed by atoms with van der Waals surface area (Å²) in [6.07, 6.45) is 2.90. The molecule has 0 saturated carbocycles. The molecule has 168 valence electrons. The van der Waals surface area contributed by atoms with Gasteiger partial charge in [0.05, 0.1) is 0 Å². The molecule has 0 spiro atoms. The van der Waals surface area contributed by atoms with Crippen molar-refractivity contribution in [2.45, 2.75) is 52.1 Å². The second-order valence-electron chi connectivity index (χ2n) is 8.11. The number of rotatable bonds is 10. The number of fused-ring (bicyclic) bond motifs is 1. The lowest BCUT2D eigenvalue weighted by Crippen LogP contribution is -2.47. The van der Waals surface area contributed by atoms with E-state index in [1.807, 2.05) is 42.5 Å². The molecule has 3 aromatic carbocycles. The zero-order valence-corrected chi connectivity index (χ0v) is 19.6. The van der Waals surface area contributed by atoms with Crippen LogP contribution in [-0.2, 0) is 22.6 Å². The van der Waals surface area contributed by atoms with Gasteiger partial charge in [0, 0.05) is 24.5 Å². The minimum Gasteiger partial charge on any atom is -0.354 e. The molecule has 0 aromatic heterocycles. The quantitative estimate of drug-likeness (QED) is 0.399. The maximum atomic E-state index is 13.3. The van der Waals surface area contributed by atoms with Gasteiger partial charge in [0.2, 0.25) is 11.8 Å². The molecule has 32 heavy (non-hydrogen) atoms. The van der Waals surface area contributed by atoms with Crippen LogP contribution in [0.1, 0.15) is 44.2 Å². The van der Waals surface area contributed by atoms with Crippen molar-refractivity contribution in [1.29, 1.82) is 0 Å². The summed E-state index contributed by atoms with van der Waals surface area (Å²) in [5.41, 5.74) is 2.09. The summed E-state index contributed by atoms with van der Waals surface area (Å²) in [6.45, 7) is 4.87. The first kappa shape index (κ1) is 23.8. The molecular formula is C27H31ClN2O2. The number of benzene rings is 3. The van der Waals surface area contributed by atoms with E-state index < -0.39 is 6.04 Å². The first-order chi connectivity index (χ1) is 15.5. The Morgan fingerprint density at radius 2 is 1.72 bits per heavy atom. The van der Waals surface area contributed by atoms with Gasteiger partial charge in [-0.1, -0.05) is 79.5 Å². The van der Waals surface area contributed by atoms with Gasteiger partial charge in [0.1, 0.15) is 6.04 Å². The number of halogens is 1. The Kier molecular flexibility index (Phi) is 8.69. The van der Waals surface area contributed by atoms with E-state index >= 15 is 0 Å². The Bertz CT molecular complexity index is 1040. The predicted molar refractivity (Wildman–Crippen MR) is 132 cm³/mol. The first-order valence-electron chi connectivity index (χ1n) is 11.3. The van der Waals surface area contributed by atoms with E-state index in [2.05, 4.69) is 36.5 Å². The average molecular weight is 451 g/mol. The van der Waals surface area contributed by atoms with Crippen LogP contribution < -0.4 is 5.32 Å². The second-order valence-corrected chi connectivity index (χ2v) is 8.54. The Hall–Kier alpha value is -2.85. The summed E-state index contributed by atoms with van der Waals surface area (Å²) in [7, 11) is 0. The van der Waals surface area contributed by atoms with E-state index in [0.717, 1.165) is 29.4 Å². The zero-order chi connectivity index (χ0) is 22.9. The lowest BCUT2D eigenvalue weighted by molar-refractivity contribution is -0.140. The molecule has 5 heteroatoms. The van der Waals surface area contributed by atoms with Crippen molar-refractivity contribution in [1.82, 2.24) is 10.2 Å². The topological polar surface area (TPSA) is 49.4 Å². The van der Waals surface area contributed by atoms with Crippen molar-refractivity contribution in [3.63, 3.8) is 0 Å². The van der Waals surface area contributed by atoms with Gasteiger partial charge in [-0.3, -0.25) is 9.59 Å². The molecule has 3 rings (SSSR count). The molecule has 1 N–H and O–H groups in total. The Balaban J connectivity index is 1.75. The van der Waals surface area contributed by atoms with Crippen LogP contribution in [-0.4, -0.2) is 29.3 Å². The fourth-order valence-corrected chi connectivity index (χ4v) is 3.93. The van der Waals surface area contributed by atoms with Crippen LogP contribution in [0.5, 0.6) is 0 Å². The predicted octanol–water partition coefficient (Wildman–Crippen LogP) is 5.76. The Morgan fingerprint density at radius 1 is 1.00 bits per heavy atom. The van der Waals surface area contributed by atoms with Gasteiger partial charge < -0.3 is 10.2 Å². The smallest absolute Gasteiger partial charge is 0.242 e. The lowest BCUT2D eigenvalue weighted by Gasteiger charge is -2.29. The third-order valence-electron chi connectivity index (χ3n) is 5.75. The third-order valence-corrected chi connectivity index (χ3v) is 6.00. The Morgan fingerprint density at radius 3 is 2.47 bits per heavy atom. The van der Waals surface area contributed by atoms with Gasteiger partial charge in [0.25, 0.3) is 0 Å². The summed E-state index contributed by atoms with van der Waals surface area (Å²) in [5, 5.41) is 5.93. The summed E-state index contributed by atoms with van der Waals surface area (Å²) in [6, 6.07) is 21.2. The summed E-state index contributed by atoms with van der Waals surface area (Å²) in [4.78, 5) is 27.7. The Labute approximate surface area is 195 Å². The van der Waals surface area contributed by atoms with E-state index in [1.165, 1.54) is 5.39 Å². The SMILES string of the molecule is CCCCNC(=O)[C@@H](C)N(Cc1ccc(Cl)cc1)C(=O)CCc1cccc2ccccc12. The molecule has 0 unspecified atom stereocenters. The van der Waals surface area contributed by atoms with Crippen LogP contribution in [0, 0.1) is 0 Å². The molecule has 3 aromatic rings.